The predicted molar refractivity (Wildman–Crippen MR) is 83.8 cm³/mol. The quantitative estimate of drug-likeness (QED) is 0.595. The Bertz CT molecular complexity index is 834. The monoisotopic (exact) mass is 386 g/mol. The highest BCUT2D eigenvalue weighted by Gasteiger charge is 2.29. The molecule has 1 aliphatic rings. The van der Waals surface area contributed by atoms with Crippen molar-refractivity contribution in [2.75, 3.05) is 5.33 Å². The summed E-state index contributed by atoms with van der Waals surface area (Å²) in [5.74, 6) is 0. The van der Waals surface area contributed by atoms with Crippen LogP contribution in [0.25, 0.3) is 0 Å². The van der Waals surface area contributed by atoms with Gasteiger partial charge in [-0.05, 0) is 12.1 Å². The SMILES string of the molecule is O=c1c(S(=O)(=O)c2ccccc2)cnc2n1C[C@H](CBr)S2. The molecule has 0 aliphatic carbocycles. The fraction of sp³-hybridized carbons (Fsp3) is 0.231. The van der Waals surface area contributed by atoms with Crippen LogP contribution in [-0.2, 0) is 16.4 Å². The largest absolute Gasteiger partial charge is 0.285 e. The molecule has 110 valence electrons. The number of hydrogen-bond donors (Lipinski definition) is 0. The number of nitrogens with zero attached hydrogens (tertiary/aromatic N) is 2. The number of hydrogen-bond acceptors (Lipinski definition) is 5. The highest BCUT2D eigenvalue weighted by atomic mass is 79.9. The summed E-state index contributed by atoms with van der Waals surface area (Å²) in [6, 6.07) is 7.93. The molecule has 0 radical (unpaired) electrons. The molecule has 8 heteroatoms. The molecule has 1 atom stereocenters. The summed E-state index contributed by atoms with van der Waals surface area (Å²) in [5, 5.41) is 1.48. The van der Waals surface area contributed by atoms with Crippen molar-refractivity contribution >= 4 is 37.5 Å². The lowest BCUT2D eigenvalue weighted by Crippen LogP contribution is -2.27. The molecule has 1 aromatic heterocycles. The molecule has 1 aliphatic heterocycles. The second-order valence-corrected chi connectivity index (χ2v) is 8.36. The fourth-order valence-electron chi connectivity index (χ4n) is 2.09. The van der Waals surface area contributed by atoms with Crippen molar-refractivity contribution < 1.29 is 8.42 Å². The maximum Gasteiger partial charge on any atom is 0.273 e. The first-order valence-corrected chi connectivity index (χ1v) is 9.65. The topological polar surface area (TPSA) is 69.0 Å². The van der Waals surface area contributed by atoms with Gasteiger partial charge in [-0.3, -0.25) is 9.36 Å². The summed E-state index contributed by atoms with van der Waals surface area (Å²) in [5.41, 5.74) is -0.500. The van der Waals surface area contributed by atoms with Crippen molar-refractivity contribution in [2.24, 2.45) is 0 Å². The normalized spacial score (nSPS) is 17.7. The number of thioether (sulfide) groups is 1. The van der Waals surface area contributed by atoms with E-state index >= 15 is 0 Å². The third-order valence-electron chi connectivity index (χ3n) is 3.15. The smallest absolute Gasteiger partial charge is 0.273 e. The number of alkyl halides is 1. The highest BCUT2D eigenvalue weighted by molar-refractivity contribution is 9.09. The van der Waals surface area contributed by atoms with Crippen LogP contribution in [0.1, 0.15) is 0 Å². The van der Waals surface area contributed by atoms with Gasteiger partial charge in [0.15, 0.2) is 10.1 Å². The van der Waals surface area contributed by atoms with Crippen LogP contribution in [-0.4, -0.2) is 28.5 Å². The van der Waals surface area contributed by atoms with Crippen LogP contribution in [0.4, 0.5) is 0 Å². The van der Waals surface area contributed by atoms with E-state index in [2.05, 4.69) is 20.9 Å². The van der Waals surface area contributed by atoms with Crippen molar-refractivity contribution in [3.05, 3.63) is 46.9 Å². The number of sulfone groups is 1. The molecule has 3 rings (SSSR count). The molecule has 5 nitrogen and oxygen atoms in total. The van der Waals surface area contributed by atoms with E-state index in [9.17, 15) is 13.2 Å². The van der Waals surface area contributed by atoms with Gasteiger partial charge >= 0.3 is 0 Å². The molecule has 21 heavy (non-hydrogen) atoms. The first-order valence-electron chi connectivity index (χ1n) is 6.16. The van der Waals surface area contributed by atoms with Crippen LogP contribution >= 0.6 is 27.7 Å². The van der Waals surface area contributed by atoms with Crippen molar-refractivity contribution in [3.63, 3.8) is 0 Å². The number of benzene rings is 1. The van der Waals surface area contributed by atoms with Gasteiger partial charge in [0.2, 0.25) is 9.84 Å². The Morgan fingerprint density at radius 3 is 2.71 bits per heavy atom. The van der Waals surface area contributed by atoms with E-state index in [0.29, 0.717) is 11.7 Å². The van der Waals surface area contributed by atoms with Gasteiger partial charge in [0.1, 0.15) is 0 Å². The molecule has 0 bridgehead atoms. The Labute approximate surface area is 134 Å². The first kappa shape index (κ1) is 14.8. The van der Waals surface area contributed by atoms with Gasteiger partial charge in [0.25, 0.3) is 5.56 Å². The average Bonchev–Trinajstić information content (AvgIpc) is 2.92. The number of halogens is 1. The van der Waals surface area contributed by atoms with Gasteiger partial charge in [-0.15, -0.1) is 0 Å². The number of rotatable bonds is 3. The summed E-state index contributed by atoms with van der Waals surface area (Å²) >= 11 is 4.85. The van der Waals surface area contributed by atoms with Crippen molar-refractivity contribution in [2.45, 2.75) is 26.7 Å². The van der Waals surface area contributed by atoms with E-state index < -0.39 is 15.4 Å². The molecule has 0 saturated carbocycles. The van der Waals surface area contributed by atoms with Crippen molar-refractivity contribution in [1.29, 1.82) is 0 Å². The van der Waals surface area contributed by atoms with Crippen LogP contribution in [0.5, 0.6) is 0 Å². The Morgan fingerprint density at radius 2 is 2.05 bits per heavy atom. The molecule has 0 amide bonds. The lowest BCUT2D eigenvalue weighted by Gasteiger charge is -2.06. The van der Waals surface area contributed by atoms with Gasteiger partial charge < -0.3 is 0 Å². The Balaban J connectivity index is 2.13. The minimum Gasteiger partial charge on any atom is -0.285 e. The van der Waals surface area contributed by atoms with Gasteiger partial charge in [0, 0.05) is 17.1 Å². The molecule has 0 fully saturated rings. The summed E-state index contributed by atoms with van der Waals surface area (Å²) in [6.45, 7) is 0.467. The average molecular weight is 387 g/mol. The minimum atomic E-state index is -3.83. The maximum absolute atomic E-state index is 12.5. The highest BCUT2D eigenvalue weighted by Crippen LogP contribution is 2.30. The van der Waals surface area contributed by atoms with Gasteiger partial charge in [-0.25, -0.2) is 13.4 Å². The molecular weight excluding hydrogens is 376 g/mol. The van der Waals surface area contributed by atoms with E-state index in [1.54, 1.807) is 18.2 Å². The van der Waals surface area contributed by atoms with Crippen LogP contribution in [0, 0.1) is 0 Å². The lowest BCUT2D eigenvalue weighted by molar-refractivity contribution is 0.575. The Kier molecular flexibility index (Phi) is 3.94. The van der Waals surface area contributed by atoms with Crippen molar-refractivity contribution in [1.82, 2.24) is 9.55 Å². The molecule has 2 heterocycles. The molecule has 0 unspecified atom stereocenters. The van der Waals surface area contributed by atoms with E-state index in [0.717, 1.165) is 5.33 Å². The summed E-state index contributed by atoms with van der Waals surface area (Å²) in [6.07, 6.45) is 1.17. The predicted octanol–water partition coefficient (Wildman–Crippen LogP) is 1.95. The van der Waals surface area contributed by atoms with Gasteiger partial charge in [0.05, 0.1) is 11.1 Å². The third-order valence-corrected chi connectivity index (χ3v) is 7.30. The molecular formula is C13H11BrN2O3S2. The van der Waals surface area contributed by atoms with Crippen LogP contribution in [0.3, 0.4) is 0 Å². The molecule has 0 N–H and O–H groups in total. The standard InChI is InChI=1S/C13H11BrN2O3S2/c14-6-9-8-16-12(17)11(7-15-13(16)20-9)21(18,19)10-4-2-1-3-5-10/h1-5,7,9H,6,8H2/t9-/m0/s1. The van der Waals surface area contributed by atoms with Crippen LogP contribution < -0.4 is 5.56 Å². The Hall–Kier alpha value is -1.12. The molecule has 0 saturated heterocycles. The number of fused-ring (bicyclic) bond motifs is 1. The molecule has 2 aromatic rings. The van der Waals surface area contributed by atoms with Gasteiger partial charge in [-0.1, -0.05) is 45.9 Å². The van der Waals surface area contributed by atoms with Crippen LogP contribution in [0.15, 0.2) is 56.3 Å². The maximum atomic E-state index is 12.5. The zero-order valence-electron chi connectivity index (χ0n) is 10.8. The molecule has 1 aromatic carbocycles. The summed E-state index contributed by atoms with van der Waals surface area (Å²) < 4.78 is 26.5. The second kappa shape index (κ2) is 5.58. The van der Waals surface area contributed by atoms with E-state index in [1.165, 1.54) is 34.7 Å². The molecule has 0 spiro atoms. The zero-order valence-corrected chi connectivity index (χ0v) is 14.0. The zero-order chi connectivity index (χ0) is 15.0. The number of aromatic nitrogens is 2. The summed E-state index contributed by atoms with van der Waals surface area (Å²) in [7, 11) is -3.83. The third kappa shape index (κ3) is 2.56. The van der Waals surface area contributed by atoms with Crippen LogP contribution in [0.2, 0.25) is 0 Å². The van der Waals surface area contributed by atoms with Gasteiger partial charge in [-0.2, -0.15) is 0 Å². The first-order chi connectivity index (χ1) is 10.0. The fourth-order valence-corrected chi connectivity index (χ4v) is 4.98. The van der Waals surface area contributed by atoms with E-state index in [1.807, 2.05) is 0 Å². The second-order valence-electron chi connectivity index (χ2n) is 4.53. The van der Waals surface area contributed by atoms with E-state index in [-0.39, 0.29) is 15.0 Å². The van der Waals surface area contributed by atoms with E-state index in [4.69, 9.17) is 0 Å². The Morgan fingerprint density at radius 1 is 1.33 bits per heavy atom. The summed E-state index contributed by atoms with van der Waals surface area (Å²) in [4.78, 5) is 16.4. The minimum absolute atomic E-state index is 0.104. The van der Waals surface area contributed by atoms with Crippen molar-refractivity contribution in [3.8, 4) is 0 Å². The lowest BCUT2D eigenvalue weighted by atomic mass is 10.4.